The van der Waals surface area contributed by atoms with Gasteiger partial charge in [-0.2, -0.15) is 4.39 Å². The minimum atomic E-state index is -1.45. The summed E-state index contributed by atoms with van der Waals surface area (Å²) in [6, 6.07) is 12.0. The Morgan fingerprint density at radius 2 is 1.84 bits per heavy atom. The van der Waals surface area contributed by atoms with E-state index in [0.717, 1.165) is 20.9 Å². The van der Waals surface area contributed by atoms with E-state index in [1.807, 2.05) is 12.1 Å². The van der Waals surface area contributed by atoms with Gasteiger partial charge in [0.05, 0.1) is 6.61 Å². The molecule has 1 saturated heterocycles. The average molecular weight is 466 g/mol. The third-order valence-corrected chi connectivity index (χ3v) is 6.83. The van der Waals surface area contributed by atoms with Crippen LogP contribution in [0.15, 0.2) is 48.7 Å². The lowest BCUT2D eigenvalue weighted by atomic mass is 9.90. The first-order chi connectivity index (χ1) is 14.9. The first kappa shape index (κ1) is 22.3. The summed E-state index contributed by atoms with van der Waals surface area (Å²) in [6.07, 6.45) is -4.11. The predicted molar refractivity (Wildman–Crippen MR) is 114 cm³/mol. The van der Waals surface area contributed by atoms with Gasteiger partial charge in [0.15, 0.2) is 0 Å². The summed E-state index contributed by atoms with van der Waals surface area (Å²) in [4.78, 5) is 5.65. The Hall–Kier alpha value is -1.91. The minimum Gasteiger partial charge on any atom is -0.394 e. The molecule has 4 unspecified atom stereocenters. The highest BCUT2D eigenvalue weighted by atomic mass is 35.5. The number of rotatable bonds is 5. The molecule has 0 spiro atoms. The average Bonchev–Trinajstić information content (AvgIpc) is 3.23. The van der Waals surface area contributed by atoms with Gasteiger partial charge < -0.3 is 25.2 Å². The number of halogens is 2. The van der Waals surface area contributed by atoms with E-state index in [1.54, 1.807) is 24.3 Å². The Labute approximate surface area is 187 Å². The van der Waals surface area contributed by atoms with Crippen molar-refractivity contribution in [1.29, 1.82) is 0 Å². The Bertz CT molecular complexity index is 1040. The maximum absolute atomic E-state index is 13.1. The van der Waals surface area contributed by atoms with Crippen LogP contribution in [0.1, 0.15) is 22.1 Å². The molecule has 0 amide bonds. The van der Waals surface area contributed by atoms with E-state index >= 15 is 0 Å². The number of pyridine rings is 1. The van der Waals surface area contributed by atoms with Gasteiger partial charge in [-0.15, -0.1) is 11.3 Å². The number of aromatic nitrogens is 1. The molecule has 1 fully saturated rings. The van der Waals surface area contributed by atoms with Gasteiger partial charge in [-0.3, -0.25) is 0 Å². The van der Waals surface area contributed by atoms with Crippen molar-refractivity contribution in [3.05, 3.63) is 75.6 Å². The lowest BCUT2D eigenvalue weighted by molar-refractivity contribution is -0.231. The summed E-state index contributed by atoms with van der Waals surface area (Å²) >= 11 is 7.92. The van der Waals surface area contributed by atoms with Gasteiger partial charge in [0, 0.05) is 33.0 Å². The van der Waals surface area contributed by atoms with Gasteiger partial charge in [-0.1, -0.05) is 23.7 Å². The molecule has 0 aliphatic carbocycles. The van der Waals surface area contributed by atoms with Crippen molar-refractivity contribution in [2.24, 2.45) is 0 Å². The molecule has 0 radical (unpaired) electrons. The Morgan fingerprint density at radius 1 is 1.03 bits per heavy atom. The van der Waals surface area contributed by atoms with Crippen LogP contribution in [0.3, 0.4) is 0 Å². The maximum Gasteiger partial charge on any atom is 0.212 e. The second-order valence-electron chi connectivity index (χ2n) is 7.41. The summed E-state index contributed by atoms with van der Waals surface area (Å²) in [6.45, 7) is -0.488. The fourth-order valence-corrected chi connectivity index (χ4v) is 4.83. The summed E-state index contributed by atoms with van der Waals surface area (Å²) < 4.78 is 18.7. The van der Waals surface area contributed by atoms with Crippen molar-refractivity contribution in [2.75, 3.05) is 6.61 Å². The molecule has 1 aliphatic heterocycles. The molecule has 164 valence electrons. The summed E-state index contributed by atoms with van der Waals surface area (Å²) in [5.74, 6) is -0.530. The molecule has 3 aromatic rings. The van der Waals surface area contributed by atoms with Crippen LogP contribution in [0, 0.1) is 5.95 Å². The van der Waals surface area contributed by atoms with Gasteiger partial charge >= 0.3 is 0 Å². The molecule has 4 rings (SSSR count). The number of ether oxygens (including phenoxy) is 1. The highest BCUT2D eigenvalue weighted by Gasteiger charge is 2.44. The van der Waals surface area contributed by atoms with Crippen LogP contribution in [0.25, 0.3) is 10.4 Å². The molecule has 9 heteroatoms. The first-order valence-corrected chi connectivity index (χ1v) is 10.9. The standard InChI is InChI=1S/C22H21ClFNO5S/c23-15-4-1-11(22-21(29)20(28)19(27)16(10-26)30-22)7-13(15)8-14-3-5-17(31-14)12-2-6-18(24)25-9-12/h1-7,9,16,19-22,26-29H,8,10H2/t16?,19-,20?,21?,22?/m1/s1. The molecule has 4 N–H and O–H groups in total. The fourth-order valence-electron chi connectivity index (χ4n) is 3.62. The number of aliphatic hydroxyl groups excluding tert-OH is 4. The molecule has 1 aromatic carbocycles. The van der Waals surface area contributed by atoms with Gasteiger partial charge in [-0.05, 0) is 41.5 Å². The molecule has 31 heavy (non-hydrogen) atoms. The number of nitrogens with zero attached hydrogens (tertiary/aromatic N) is 1. The van der Waals surface area contributed by atoms with Gasteiger partial charge in [0.1, 0.15) is 30.5 Å². The molecule has 0 saturated carbocycles. The smallest absolute Gasteiger partial charge is 0.212 e. The van der Waals surface area contributed by atoms with Crippen molar-refractivity contribution >= 4 is 22.9 Å². The normalized spacial score (nSPS) is 26.2. The van der Waals surface area contributed by atoms with E-state index in [-0.39, 0.29) is 0 Å². The topological polar surface area (TPSA) is 103 Å². The van der Waals surface area contributed by atoms with Gasteiger partial charge in [0.25, 0.3) is 0 Å². The third-order valence-electron chi connectivity index (χ3n) is 5.33. The fraction of sp³-hybridized carbons (Fsp3) is 0.318. The quantitative estimate of drug-likeness (QED) is 0.432. The lowest BCUT2D eigenvalue weighted by Crippen LogP contribution is -2.55. The van der Waals surface area contributed by atoms with Crippen LogP contribution >= 0.6 is 22.9 Å². The second kappa shape index (κ2) is 9.30. The highest BCUT2D eigenvalue weighted by molar-refractivity contribution is 7.15. The zero-order valence-electron chi connectivity index (χ0n) is 16.2. The molecule has 6 nitrogen and oxygen atoms in total. The van der Waals surface area contributed by atoms with Crippen LogP contribution in [-0.4, -0.2) is 56.4 Å². The number of hydrogen-bond donors (Lipinski definition) is 4. The van der Waals surface area contributed by atoms with Gasteiger partial charge in [0.2, 0.25) is 5.95 Å². The van der Waals surface area contributed by atoms with Crippen LogP contribution in [0.5, 0.6) is 0 Å². The molecule has 5 atom stereocenters. The van der Waals surface area contributed by atoms with Crippen molar-refractivity contribution in [3.63, 3.8) is 0 Å². The van der Waals surface area contributed by atoms with E-state index in [2.05, 4.69) is 4.98 Å². The zero-order chi connectivity index (χ0) is 22.1. The second-order valence-corrected chi connectivity index (χ2v) is 8.99. The van der Waals surface area contributed by atoms with Crippen molar-refractivity contribution in [2.45, 2.75) is 36.9 Å². The van der Waals surface area contributed by atoms with Crippen molar-refractivity contribution < 1.29 is 29.6 Å². The molecular formula is C22H21ClFNO5S. The van der Waals surface area contributed by atoms with Gasteiger partial charge in [-0.25, -0.2) is 4.98 Å². The van der Waals surface area contributed by atoms with E-state index in [4.69, 9.17) is 16.3 Å². The highest BCUT2D eigenvalue weighted by Crippen LogP contribution is 2.35. The van der Waals surface area contributed by atoms with Crippen molar-refractivity contribution in [3.8, 4) is 10.4 Å². The van der Waals surface area contributed by atoms with Crippen LogP contribution in [0.4, 0.5) is 4.39 Å². The molecule has 0 bridgehead atoms. The van der Waals surface area contributed by atoms with Crippen LogP contribution < -0.4 is 0 Å². The van der Waals surface area contributed by atoms with Crippen LogP contribution in [-0.2, 0) is 11.2 Å². The molecule has 1 aliphatic rings. The third kappa shape index (κ3) is 4.65. The SMILES string of the molecule is OCC1OC(c2ccc(Cl)c(Cc3ccc(-c4ccc(F)nc4)s3)c2)C(O)C(O)[C@@H]1O. The van der Waals surface area contributed by atoms with E-state index in [9.17, 15) is 24.8 Å². The van der Waals surface area contributed by atoms with E-state index in [1.165, 1.54) is 23.6 Å². The molecule has 2 aromatic heterocycles. The summed E-state index contributed by atoms with van der Waals surface area (Å²) in [5.41, 5.74) is 2.19. The molecule has 3 heterocycles. The molecular weight excluding hydrogens is 445 g/mol. The number of hydrogen-bond acceptors (Lipinski definition) is 7. The largest absolute Gasteiger partial charge is 0.394 e. The van der Waals surface area contributed by atoms with E-state index < -0.39 is 43.1 Å². The zero-order valence-corrected chi connectivity index (χ0v) is 17.8. The maximum atomic E-state index is 13.1. The summed E-state index contributed by atoms with van der Waals surface area (Å²) in [7, 11) is 0. The van der Waals surface area contributed by atoms with Crippen molar-refractivity contribution in [1.82, 2.24) is 4.98 Å². The van der Waals surface area contributed by atoms with E-state index in [0.29, 0.717) is 17.0 Å². The lowest BCUT2D eigenvalue weighted by Gasteiger charge is -2.40. The number of thiophene rings is 1. The van der Waals surface area contributed by atoms with Crippen LogP contribution in [0.2, 0.25) is 5.02 Å². The number of aliphatic hydroxyl groups is 4. The Kier molecular flexibility index (Phi) is 6.68. The number of benzene rings is 1. The summed E-state index contributed by atoms with van der Waals surface area (Å²) in [5, 5.41) is 40.4. The monoisotopic (exact) mass is 465 g/mol. The first-order valence-electron chi connectivity index (χ1n) is 9.67. The Balaban J connectivity index is 1.57. The minimum absolute atomic E-state index is 0.488. The predicted octanol–water partition coefficient (Wildman–Crippen LogP) is 2.71. The Morgan fingerprint density at radius 3 is 2.55 bits per heavy atom.